The van der Waals surface area contributed by atoms with E-state index < -0.39 is 0 Å². The minimum atomic E-state index is 0.584. The van der Waals surface area contributed by atoms with Gasteiger partial charge in [0.2, 0.25) is 5.88 Å². The molecule has 0 saturated carbocycles. The summed E-state index contributed by atoms with van der Waals surface area (Å²) in [6.45, 7) is 4.42. The topological polar surface area (TPSA) is 22.1 Å². The number of ether oxygens (including phenoxy) is 1. The van der Waals surface area contributed by atoms with Crippen molar-refractivity contribution in [1.29, 1.82) is 0 Å². The summed E-state index contributed by atoms with van der Waals surface area (Å²) in [5.74, 6) is 1.98. The number of hydrogen-bond donors (Lipinski definition) is 0. The van der Waals surface area contributed by atoms with Crippen LogP contribution in [0.25, 0.3) is 0 Å². The molecule has 18 heavy (non-hydrogen) atoms. The van der Waals surface area contributed by atoms with Crippen molar-refractivity contribution < 1.29 is 4.74 Å². The lowest BCUT2D eigenvalue weighted by Gasteiger charge is -2.10. The molecule has 94 valence electrons. The fourth-order valence-corrected chi connectivity index (χ4v) is 1.99. The van der Waals surface area contributed by atoms with E-state index in [-0.39, 0.29) is 0 Å². The lowest BCUT2D eigenvalue weighted by atomic mass is 9.99. The molecule has 2 aromatic rings. The van der Waals surface area contributed by atoms with Crippen molar-refractivity contribution in [2.75, 3.05) is 0 Å². The number of nitrogens with zero attached hydrogens (tertiary/aromatic N) is 1. The highest BCUT2D eigenvalue weighted by atomic mass is 79.9. The molecular weight excluding hydrogens is 290 g/mol. The first-order valence-electron chi connectivity index (χ1n) is 6.09. The third-order valence-corrected chi connectivity index (χ3v) is 3.60. The number of benzene rings is 1. The molecule has 2 nitrogen and oxygen atoms in total. The van der Waals surface area contributed by atoms with Gasteiger partial charge in [-0.1, -0.05) is 26.0 Å². The van der Waals surface area contributed by atoms with Crippen molar-refractivity contribution in [3.05, 3.63) is 52.6 Å². The van der Waals surface area contributed by atoms with Gasteiger partial charge in [0, 0.05) is 6.20 Å². The molecule has 1 aromatic carbocycles. The molecule has 0 spiro atoms. The summed E-state index contributed by atoms with van der Waals surface area (Å²) < 4.78 is 6.58. The molecule has 0 fully saturated rings. The van der Waals surface area contributed by atoms with E-state index in [9.17, 15) is 0 Å². The highest BCUT2D eigenvalue weighted by Crippen LogP contribution is 2.28. The van der Waals surface area contributed by atoms with E-state index in [0.717, 1.165) is 16.6 Å². The molecule has 0 aliphatic rings. The molecule has 1 aromatic heterocycles. The van der Waals surface area contributed by atoms with Crippen molar-refractivity contribution in [3.8, 4) is 11.6 Å². The quantitative estimate of drug-likeness (QED) is 0.779. The van der Waals surface area contributed by atoms with E-state index in [1.54, 1.807) is 6.20 Å². The normalized spacial score (nSPS) is 12.2. The Kier molecular flexibility index (Phi) is 4.37. The molecule has 0 saturated heterocycles. The predicted molar refractivity (Wildman–Crippen MR) is 77.2 cm³/mol. The first-order valence-corrected chi connectivity index (χ1v) is 6.88. The Morgan fingerprint density at radius 3 is 2.56 bits per heavy atom. The maximum absolute atomic E-state index is 5.72. The maximum atomic E-state index is 5.72. The minimum absolute atomic E-state index is 0.584. The summed E-state index contributed by atoms with van der Waals surface area (Å²) in [5, 5.41) is 0. The van der Waals surface area contributed by atoms with E-state index in [1.165, 1.54) is 5.56 Å². The Morgan fingerprint density at radius 1 is 1.22 bits per heavy atom. The van der Waals surface area contributed by atoms with Gasteiger partial charge >= 0.3 is 0 Å². The molecule has 1 heterocycles. The Balaban J connectivity index is 2.14. The largest absolute Gasteiger partial charge is 0.438 e. The Bertz CT molecular complexity index is 510. The monoisotopic (exact) mass is 305 g/mol. The van der Waals surface area contributed by atoms with Gasteiger partial charge in [-0.2, -0.15) is 0 Å². The number of rotatable bonds is 4. The second-order valence-corrected chi connectivity index (χ2v) is 5.13. The van der Waals surface area contributed by atoms with Gasteiger partial charge in [0.15, 0.2) is 0 Å². The number of aromatic nitrogens is 1. The van der Waals surface area contributed by atoms with Gasteiger partial charge in [-0.25, -0.2) is 4.98 Å². The van der Waals surface area contributed by atoms with E-state index >= 15 is 0 Å². The van der Waals surface area contributed by atoms with Gasteiger partial charge in [-0.3, -0.25) is 0 Å². The first kappa shape index (κ1) is 13.1. The van der Waals surface area contributed by atoms with E-state index in [1.807, 2.05) is 24.3 Å². The van der Waals surface area contributed by atoms with Crippen LogP contribution in [0.4, 0.5) is 0 Å². The van der Waals surface area contributed by atoms with Gasteiger partial charge in [-0.05, 0) is 58.1 Å². The average Bonchev–Trinajstić information content (AvgIpc) is 2.41. The van der Waals surface area contributed by atoms with Crippen molar-refractivity contribution >= 4 is 15.9 Å². The van der Waals surface area contributed by atoms with Crippen LogP contribution in [0.3, 0.4) is 0 Å². The molecule has 0 N–H and O–H groups in total. The number of hydrogen-bond acceptors (Lipinski definition) is 2. The van der Waals surface area contributed by atoms with Crippen LogP contribution in [0.15, 0.2) is 47.1 Å². The fraction of sp³-hybridized carbons (Fsp3) is 0.267. The molecule has 2 rings (SSSR count). The number of pyridine rings is 1. The first-order chi connectivity index (χ1) is 8.70. The summed E-state index contributed by atoms with van der Waals surface area (Å²) >= 11 is 3.42. The van der Waals surface area contributed by atoms with Gasteiger partial charge in [0.25, 0.3) is 0 Å². The molecule has 0 aliphatic heterocycles. The van der Waals surface area contributed by atoms with Gasteiger partial charge in [0.1, 0.15) is 5.75 Å². The fourth-order valence-electron chi connectivity index (χ4n) is 1.66. The molecule has 0 radical (unpaired) electrons. The summed E-state index contributed by atoms with van der Waals surface area (Å²) in [6.07, 6.45) is 2.86. The van der Waals surface area contributed by atoms with Crippen LogP contribution in [-0.2, 0) is 0 Å². The van der Waals surface area contributed by atoms with Crippen LogP contribution in [0, 0.1) is 0 Å². The SMILES string of the molecule is CCC(C)c1ccc(Oc2ncccc2Br)cc1. The Labute approximate surface area is 116 Å². The van der Waals surface area contributed by atoms with E-state index in [4.69, 9.17) is 4.74 Å². The zero-order valence-corrected chi connectivity index (χ0v) is 12.1. The third-order valence-electron chi connectivity index (χ3n) is 3.00. The third kappa shape index (κ3) is 3.10. The van der Waals surface area contributed by atoms with Crippen molar-refractivity contribution in [2.24, 2.45) is 0 Å². The smallest absolute Gasteiger partial charge is 0.233 e. The average molecular weight is 306 g/mol. The second-order valence-electron chi connectivity index (χ2n) is 4.27. The lowest BCUT2D eigenvalue weighted by molar-refractivity contribution is 0.459. The molecule has 0 amide bonds. The molecule has 1 unspecified atom stereocenters. The highest BCUT2D eigenvalue weighted by molar-refractivity contribution is 9.10. The molecule has 1 atom stereocenters. The van der Waals surface area contributed by atoms with Crippen LogP contribution in [0.2, 0.25) is 0 Å². The Hall–Kier alpha value is -1.35. The zero-order valence-electron chi connectivity index (χ0n) is 10.6. The van der Waals surface area contributed by atoms with Gasteiger partial charge in [-0.15, -0.1) is 0 Å². The standard InChI is InChI=1S/C15H16BrNO/c1-3-11(2)12-6-8-13(9-7-12)18-15-14(16)5-4-10-17-15/h4-11H,3H2,1-2H3. The van der Waals surface area contributed by atoms with Crippen molar-refractivity contribution in [1.82, 2.24) is 4.98 Å². The van der Waals surface area contributed by atoms with Crippen LogP contribution >= 0.6 is 15.9 Å². The predicted octanol–water partition coefficient (Wildman–Crippen LogP) is 5.15. The summed E-state index contributed by atoms with van der Waals surface area (Å²) in [4.78, 5) is 4.18. The summed E-state index contributed by atoms with van der Waals surface area (Å²) in [6, 6.07) is 12.0. The lowest BCUT2D eigenvalue weighted by Crippen LogP contribution is -1.92. The second kappa shape index (κ2) is 6.01. The van der Waals surface area contributed by atoms with Crippen molar-refractivity contribution in [3.63, 3.8) is 0 Å². The highest BCUT2D eigenvalue weighted by Gasteiger charge is 2.05. The van der Waals surface area contributed by atoms with E-state index in [0.29, 0.717) is 11.8 Å². The molecular formula is C15H16BrNO. The summed E-state index contributed by atoms with van der Waals surface area (Å²) in [7, 11) is 0. The van der Waals surface area contributed by atoms with Crippen LogP contribution in [0.1, 0.15) is 31.7 Å². The van der Waals surface area contributed by atoms with Crippen LogP contribution in [0.5, 0.6) is 11.6 Å². The maximum Gasteiger partial charge on any atom is 0.233 e. The van der Waals surface area contributed by atoms with E-state index in [2.05, 4.69) is 46.9 Å². The van der Waals surface area contributed by atoms with Crippen LogP contribution < -0.4 is 4.74 Å². The Morgan fingerprint density at radius 2 is 1.94 bits per heavy atom. The van der Waals surface area contributed by atoms with Crippen molar-refractivity contribution in [2.45, 2.75) is 26.2 Å². The summed E-state index contributed by atoms with van der Waals surface area (Å²) in [5.41, 5.74) is 1.34. The van der Waals surface area contributed by atoms with Crippen LogP contribution in [-0.4, -0.2) is 4.98 Å². The molecule has 0 bridgehead atoms. The van der Waals surface area contributed by atoms with Gasteiger partial charge in [0.05, 0.1) is 4.47 Å². The molecule has 0 aliphatic carbocycles. The number of halogens is 1. The zero-order chi connectivity index (χ0) is 13.0. The van der Waals surface area contributed by atoms with Gasteiger partial charge < -0.3 is 4.74 Å². The molecule has 3 heteroatoms. The minimum Gasteiger partial charge on any atom is -0.438 e.